The van der Waals surface area contributed by atoms with Crippen LogP contribution in [0.5, 0.6) is 0 Å². The fraction of sp³-hybridized carbons (Fsp3) is 0. The van der Waals surface area contributed by atoms with Crippen molar-refractivity contribution in [3.8, 4) is 0 Å². The van der Waals surface area contributed by atoms with Crippen LogP contribution >= 0.6 is 0 Å². The lowest BCUT2D eigenvalue weighted by Gasteiger charge is -2.09. The molecule has 0 aromatic carbocycles. The van der Waals surface area contributed by atoms with Crippen LogP contribution in [0.25, 0.3) is 0 Å². The van der Waals surface area contributed by atoms with Crippen LogP contribution in [0.2, 0.25) is 0 Å². The van der Waals surface area contributed by atoms with E-state index in [4.69, 9.17) is 13.0 Å². The average molecular weight is 128 g/mol. The molecule has 0 saturated heterocycles. The molecule has 0 heterocycles. The van der Waals surface area contributed by atoms with E-state index in [9.17, 15) is 0 Å². The summed E-state index contributed by atoms with van der Waals surface area (Å²) in [4.78, 5) is 0. The van der Waals surface area contributed by atoms with Gasteiger partial charge in [0.1, 0.15) is 0 Å². The second kappa shape index (κ2) is 1.78. The Morgan fingerprint density at radius 2 is 1.83 bits per heavy atom. The Bertz CT molecular complexity index is 108. The molecule has 0 spiro atoms. The van der Waals surface area contributed by atoms with Crippen LogP contribution in [0.4, 0.5) is 0 Å². The lowest BCUT2D eigenvalue weighted by atomic mass is 15.8. The molecule has 0 aromatic rings. The number of hydrogen-bond donors (Lipinski definition) is 0. The average Bonchev–Trinajstić information content (AvgIpc) is 1.35. The number of hydrogen-bond acceptors (Lipinski definition) is 5. The van der Waals surface area contributed by atoms with Gasteiger partial charge in [-0.15, -0.1) is 0 Å². The maximum Gasteiger partial charge on any atom is 0.195 e. The Kier molecular flexibility index (Phi) is 1.85. The molecule has 0 saturated carbocycles. The summed E-state index contributed by atoms with van der Waals surface area (Å²) in [7, 11) is -4.60. The lowest BCUT2D eigenvalue weighted by Crippen LogP contribution is -1.96. The van der Waals surface area contributed by atoms with Gasteiger partial charge >= 0.3 is 0 Å². The summed E-state index contributed by atoms with van der Waals surface area (Å²) >= 11 is 3.39. The highest BCUT2D eigenvalue weighted by Crippen LogP contribution is 1.76. The molecule has 0 fully saturated rings. The molecule has 38 valence electrons. The first-order valence-corrected chi connectivity index (χ1v) is 2.50. The van der Waals surface area contributed by atoms with Crippen molar-refractivity contribution in [2.75, 3.05) is 0 Å². The second-order valence-electron chi connectivity index (χ2n) is 0.476. The molecule has 4 nitrogen and oxygen atoms in total. The van der Waals surface area contributed by atoms with Crippen LogP contribution in [-0.2, 0) is 26.9 Å². The Labute approximate surface area is 40.7 Å². The van der Waals surface area contributed by atoms with Crippen molar-refractivity contribution in [1.82, 2.24) is 0 Å². The van der Waals surface area contributed by atoms with E-state index in [2.05, 4.69) is 16.5 Å². The minimum atomic E-state index is -4.60. The summed E-state index contributed by atoms with van der Waals surface area (Å²) in [6, 6.07) is 0. The van der Waals surface area contributed by atoms with Crippen molar-refractivity contribution >= 4 is 23.3 Å². The van der Waals surface area contributed by atoms with E-state index in [1.54, 1.807) is 0 Å². The molecule has 6 heavy (non-hydrogen) atoms. The maximum absolute atomic E-state index is 9.12. The van der Waals surface area contributed by atoms with Gasteiger partial charge in [-0.2, -0.15) is 0 Å². The standard InChI is InChI=1S/H2O4S2/c1-6(2,3)4-5/h5H,(H,1,2,3)/p-2. The molecule has 0 aliphatic rings. The summed E-state index contributed by atoms with van der Waals surface area (Å²) in [5, 5.41) is 0. The summed E-state index contributed by atoms with van der Waals surface area (Å²) in [5.41, 5.74) is 0. The number of rotatable bonds is 1. The monoisotopic (exact) mass is 128 g/mol. The smallest absolute Gasteiger partial charge is 0.195 e. The summed E-state index contributed by atoms with van der Waals surface area (Å²) < 4.78 is 30.3. The predicted octanol–water partition coefficient (Wildman–Crippen LogP) is -1.07. The molecule has 0 bridgehead atoms. The van der Waals surface area contributed by atoms with Crippen molar-refractivity contribution < 1.29 is 16.6 Å². The normalized spacial score (nSPS) is 11.7. The molecule has 0 amide bonds. The van der Waals surface area contributed by atoms with Gasteiger partial charge in [0, 0.05) is 0 Å². The van der Waals surface area contributed by atoms with Gasteiger partial charge in [0.2, 0.25) is 0 Å². The third-order valence-electron chi connectivity index (χ3n) is 0.0833. The fourth-order valence-electron chi connectivity index (χ4n) is 0. The zero-order valence-corrected chi connectivity index (χ0v) is 4.08. The largest absolute Gasteiger partial charge is 0.727 e. The van der Waals surface area contributed by atoms with Gasteiger partial charge in [-0.3, -0.25) is 0 Å². The highest BCUT2D eigenvalue weighted by atomic mass is 32.3. The summed E-state index contributed by atoms with van der Waals surface area (Å²) in [6.45, 7) is 0. The Balaban J connectivity index is 3.85. The minimum absolute atomic E-state index is 2.94. The van der Waals surface area contributed by atoms with E-state index in [1.165, 1.54) is 0 Å². The van der Waals surface area contributed by atoms with Crippen molar-refractivity contribution in [3.05, 3.63) is 0 Å². The van der Waals surface area contributed by atoms with Gasteiger partial charge in [0.05, 0.1) is 0 Å². The highest BCUT2D eigenvalue weighted by molar-refractivity contribution is 7.86. The van der Waals surface area contributed by atoms with Gasteiger partial charge in [0.15, 0.2) is 10.4 Å². The highest BCUT2D eigenvalue weighted by Gasteiger charge is 1.71. The lowest BCUT2D eigenvalue weighted by molar-refractivity contribution is 0.393. The quantitative estimate of drug-likeness (QED) is 0.255. The van der Waals surface area contributed by atoms with Crippen LogP contribution in [0.15, 0.2) is 0 Å². The predicted molar refractivity (Wildman–Crippen MR) is 18.1 cm³/mol. The van der Waals surface area contributed by atoms with Gasteiger partial charge in [-0.25, -0.2) is 8.42 Å². The topological polar surface area (TPSA) is 66.4 Å². The minimum Gasteiger partial charge on any atom is -0.727 e. The molecule has 0 N–H and O–H groups in total. The first kappa shape index (κ1) is 6.22. The fourth-order valence-corrected chi connectivity index (χ4v) is 0. The van der Waals surface area contributed by atoms with Gasteiger partial charge in [-0.1, -0.05) is 0 Å². The Morgan fingerprint density at radius 3 is 1.83 bits per heavy atom. The van der Waals surface area contributed by atoms with Gasteiger partial charge in [0.25, 0.3) is 0 Å². The molecule has 6 heteroatoms. The zero-order valence-electron chi connectivity index (χ0n) is 2.45. The van der Waals surface area contributed by atoms with Crippen LogP contribution in [0.1, 0.15) is 0 Å². The molecule has 0 aliphatic carbocycles. The van der Waals surface area contributed by atoms with E-state index >= 15 is 0 Å². The summed E-state index contributed by atoms with van der Waals surface area (Å²) in [6.07, 6.45) is 0. The molecular weight excluding hydrogens is 128 g/mol. The molecule has 0 atom stereocenters. The van der Waals surface area contributed by atoms with Gasteiger partial charge < -0.3 is 21.1 Å². The van der Waals surface area contributed by atoms with Crippen LogP contribution in [0, 0.1) is 0 Å². The van der Waals surface area contributed by atoms with E-state index in [0.29, 0.717) is 0 Å². The van der Waals surface area contributed by atoms with Crippen molar-refractivity contribution in [3.63, 3.8) is 0 Å². The molecule has 0 aliphatic heterocycles. The van der Waals surface area contributed by atoms with Crippen molar-refractivity contribution in [1.29, 1.82) is 0 Å². The summed E-state index contributed by atoms with van der Waals surface area (Å²) in [5.74, 6) is 0. The van der Waals surface area contributed by atoms with Crippen molar-refractivity contribution in [2.45, 2.75) is 0 Å². The van der Waals surface area contributed by atoms with E-state index < -0.39 is 10.4 Å². The first-order valence-electron chi connectivity index (χ1n) is 0.833. The van der Waals surface area contributed by atoms with Crippen LogP contribution in [0.3, 0.4) is 0 Å². The Morgan fingerprint density at radius 1 is 1.67 bits per heavy atom. The molecule has 0 aromatic heterocycles. The van der Waals surface area contributed by atoms with Crippen LogP contribution < -0.4 is 0 Å². The van der Waals surface area contributed by atoms with Gasteiger partial charge in [-0.05, 0) is 0 Å². The van der Waals surface area contributed by atoms with E-state index in [-0.39, 0.29) is 0 Å². The SMILES string of the molecule is O=S(=O)([O-])O[S-]. The van der Waals surface area contributed by atoms with E-state index in [0.717, 1.165) is 0 Å². The third-order valence-corrected chi connectivity index (χ3v) is 0.750. The third kappa shape index (κ3) is 4.22. The van der Waals surface area contributed by atoms with Crippen LogP contribution in [-0.4, -0.2) is 13.0 Å². The molecular formula is O4S2-2. The maximum atomic E-state index is 9.12. The van der Waals surface area contributed by atoms with Crippen molar-refractivity contribution in [2.24, 2.45) is 0 Å². The van der Waals surface area contributed by atoms with E-state index in [1.807, 2.05) is 0 Å². The second-order valence-corrected chi connectivity index (χ2v) is 1.84. The molecule has 0 unspecified atom stereocenters. The first-order chi connectivity index (χ1) is 2.56. The molecule has 0 rings (SSSR count). The zero-order chi connectivity index (χ0) is 5.21. The molecule has 0 radical (unpaired) electrons. The Hall–Kier alpha value is 0.220.